The van der Waals surface area contributed by atoms with Crippen molar-refractivity contribution < 1.29 is 14.7 Å². The van der Waals surface area contributed by atoms with Crippen molar-refractivity contribution in [1.82, 2.24) is 5.32 Å². The topological polar surface area (TPSA) is 69.6 Å². The van der Waals surface area contributed by atoms with E-state index in [0.29, 0.717) is 6.54 Å². The summed E-state index contributed by atoms with van der Waals surface area (Å²) in [6.07, 6.45) is 3.09. The van der Waals surface area contributed by atoms with Gasteiger partial charge in [0, 0.05) is 24.4 Å². The Morgan fingerprint density at radius 2 is 1.77 bits per heavy atom. The third-order valence-corrected chi connectivity index (χ3v) is 5.60. The van der Waals surface area contributed by atoms with Crippen molar-refractivity contribution in [2.75, 3.05) is 11.4 Å². The first kappa shape index (κ1) is 17.0. The first-order chi connectivity index (χ1) is 12.6. The van der Waals surface area contributed by atoms with E-state index in [1.807, 2.05) is 42.5 Å². The minimum Gasteiger partial charge on any atom is -0.393 e. The first-order valence-electron chi connectivity index (χ1n) is 9.38. The summed E-state index contributed by atoms with van der Waals surface area (Å²) in [6.45, 7) is 0.425. The number of carbonyl (C=O) groups is 2. The van der Waals surface area contributed by atoms with Crippen LogP contribution in [0.1, 0.15) is 32.1 Å². The maximum atomic E-state index is 12.6. The van der Waals surface area contributed by atoms with Crippen LogP contribution in [0.15, 0.2) is 42.5 Å². The molecule has 0 bridgehead atoms. The summed E-state index contributed by atoms with van der Waals surface area (Å²) in [5.41, 5.74) is 0.879. The molecule has 2 aliphatic rings. The van der Waals surface area contributed by atoms with Crippen LogP contribution >= 0.6 is 0 Å². The highest BCUT2D eigenvalue weighted by Gasteiger charge is 2.36. The largest absolute Gasteiger partial charge is 0.393 e. The third-order valence-electron chi connectivity index (χ3n) is 5.60. The summed E-state index contributed by atoms with van der Waals surface area (Å²) >= 11 is 0. The average Bonchev–Trinajstić information content (AvgIpc) is 3.05. The number of nitrogens with one attached hydrogen (secondary N) is 1. The second kappa shape index (κ2) is 7.08. The van der Waals surface area contributed by atoms with Gasteiger partial charge in [-0.2, -0.15) is 0 Å². The monoisotopic (exact) mass is 352 g/mol. The normalized spacial score (nSPS) is 26.3. The van der Waals surface area contributed by atoms with Gasteiger partial charge in [-0.1, -0.05) is 36.4 Å². The number of aliphatic hydroxyl groups is 1. The van der Waals surface area contributed by atoms with E-state index in [1.165, 1.54) is 0 Å². The molecule has 1 aliphatic carbocycles. The fourth-order valence-corrected chi connectivity index (χ4v) is 4.10. The van der Waals surface area contributed by atoms with E-state index in [1.54, 1.807) is 4.90 Å². The molecule has 0 radical (unpaired) electrons. The minimum atomic E-state index is -0.312. The smallest absolute Gasteiger partial charge is 0.227 e. The third kappa shape index (κ3) is 3.31. The van der Waals surface area contributed by atoms with Crippen molar-refractivity contribution in [3.05, 3.63) is 42.5 Å². The zero-order valence-electron chi connectivity index (χ0n) is 14.7. The molecule has 1 heterocycles. The van der Waals surface area contributed by atoms with Crippen LogP contribution in [-0.4, -0.2) is 35.6 Å². The SMILES string of the molecule is O=C(NC1CCC(O)CC1)C1CC(=O)N(c2cccc3ccccc23)C1. The molecule has 1 saturated carbocycles. The summed E-state index contributed by atoms with van der Waals surface area (Å²) < 4.78 is 0. The van der Waals surface area contributed by atoms with Crippen molar-refractivity contribution in [3.63, 3.8) is 0 Å². The van der Waals surface area contributed by atoms with Gasteiger partial charge >= 0.3 is 0 Å². The van der Waals surface area contributed by atoms with Crippen molar-refractivity contribution in [2.45, 2.75) is 44.2 Å². The summed E-state index contributed by atoms with van der Waals surface area (Å²) in [5, 5.41) is 14.8. The summed E-state index contributed by atoms with van der Waals surface area (Å²) in [7, 11) is 0. The van der Waals surface area contributed by atoms with Gasteiger partial charge in [0.15, 0.2) is 0 Å². The Labute approximate surface area is 153 Å². The molecule has 0 spiro atoms. The van der Waals surface area contributed by atoms with E-state index in [2.05, 4.69) is 5.32 Å². The zero-order valence-corrected chi connectivity index (χ0v) is 14.7. The molecule has 2 N–H and O–H groups in total. The second-order valence-corrected chi connectivity index (χ2v) is 7.42. The molecular formula is C21H24N2O3. The van der Waals surface area contributed by atoms with E-state index in [4.69, 9.17) is 0 Å². The standard InChI is InChI=1S/C21H24N2O3/c24-17-10-8-16(9-11-17)22-21(26)15-12-20(25)23(13-15)19-7-3-5-14-4-1-2-6-18(14)19/h1-7,15-17,24H,8-13H2,(H,22,26). The van der Waals surface area contributed by atoms with Gasteiger partial charge < -0.3 is 15.3 Å². The van der Waals surface area contributed by atoms with Crippen molar-refractivity contribution in [2.24, 2.45) is 5.92 Å². The number of amides is 2. The highest BCUT2D eigenvalue weighted by molar-refractivity contribution is 6.07. The average molecular weight is 352 g/mol. The molecule has 5 heteroatoms. The molecule has 4 rings (SSSR count). The van der Waals surface area contributed by atoms with Crippen LogP contribution in [0.2, 0.25) is 0 Å². The lowest BCUT2D eigenvalue weighted by atomic mass is 9.92. The van der Waals surface area contributed by atoms with E-state index < -0.39 is 0 Å². The van der Waals surface area contributed by atoms with Crippen LogP contribution in [-0.2, 0) is 9.59 Å². The summed E-state index contributed by atoms with van der Waals surface area (Å²) in [6, 6.07) is 14.0. The predicted octanol–water partition coefficient (Wildman–Crippen LogP) is 2.61. The molecule has 0 aromatic heterocycles. The molecule has 5 nitrogen and oxygen atoms in total. The van der Waals surface area contributed by atoms with E-state index in [-0.39, 0.29) is 36.3 Å². The Morgan fingerprint density at radius 1 is 1.04 bits per heavy atom. The number of anilines is 1. The number of hydrogen-bond donors (Lipinski definition) is 2. The number of hydrogen-bond acceptors (Lipinski definition) is 3. The molecule has 1 unspecified atom stereocenters. The van der Waals surface area contributed by atoms with Crippen LogP contribution in [0.4, 0.5) is 5.69 Å². The van der Waals surface area contributed by atoms with Crippen LogP contribution in [0, 0.1) is 5.92 Å². The van der Waals surface area contributed by atoms with Crippen molar-refractivity contribution >= 4 is 28.3 Å². The van der Waals surface area contributed by atoms with Crippen molar-refractivity contribution in [1.29, 1.82) is 0 Å². The molecule has 2 aromatic carbocycles. The molecule has 136 valence electrons. The number of benzene rings is 2. The van der Waals surface area contributed by atoms with Gasteiger partial charge in [0.25, 0.3) is 0 Å². The minimum absolute atomic E-state index is 0.000527. The summed E-state index contributed by atoms with van der Waals surface area (Å²) in [4.78, 5) is 27.0. The number of fused-ring (bicyclic) bond motifs is 1. The van der Waals surface area contributed by atoms with Crippen LogP contribution in [0.5, 0.6) is 0 Å². The van der Waals surface area contributed by atoms with Gasteiger partial charge in [-0.15, -0.1) is 0 Å². The van der Waals surface area contributed by atoms with Crippen LogP contribution in [0.25, 0.3) is 10.8 Å². The lowest BCUT2D eigenvalue weighted by Gasteiger charge is -2.27. The van der Waals surface area contributed by atoms with Gasteiger partial charge in [-0.3, -0.25) is 9.59 Å². The fourth-order valence-electron chi connectivity index (χ4n) is 4.10. The predicted molar refractivity (Wildman–Crippen MR) is 101 cm³/mol. The molecular weight excluding hydrogens is 328 g/mol. The van der Waals surface area contributed by atoms with Gasteiger partial charge in [0.1, 0.15) is 0 Å². The molecule has 2 fully saturated rings. The molecule has 26 heavy (non-hydrogen) atoms. The Morgan fingerprint density at radius 3 is 2.58 bits per heavy atom. The molecule has 1 saturated heterocycles. The van der Waals surface area contributed by atoms with E-state index >= 15 is 0 Å². The Balaban J connectivity index is 1.47. The second-order valence-electron chi connectivity index (χ2n) is 7.42. The van der Waals surface area contributed by atoms with Gasteiger partial charge in [-0.25, -0.2) is 0 Å². The van der Waals surface area contributed by atoms with E-state index in [0.717, 1.165) is 42.1 Å². The lowest BCUT2D eigenvalue weighted by Crippen LogP contribution is -2.42. The molecule has 2 amide bonds. The van der Waals surface area contributed by atoms with Gasteiger partial charge in [-0.05, 0) is 37.1 Å². The quantitative estimate of drug-likeness (QED) is 0.892. The van der Waals surface area contributed by atoms with Crippen LogP contribution in [0.3, 0.4) is 0 Å². The first-order valence-corrected chi connectivity index (χ1v) is 9.38. The lowest BCUT2D eigenvalue weighted by molar-refractivity contribution is -0.127. The Bertz CT molecular complexity index is 822. The highest BCUT2D eigenvalue weighted by atomic mass is 16.3. The van der Waals surface area contributed by atoms with Crippen LogP contribution < -0.4 is 10.2 Å². The number of aliphatic hydroxyl groups excluding tert-OH is 1. The number of rotatable bonds is 3. The Kier molecular flexibility index (Phi) is 4.64. The maximum absolute atomic E-state index is 12.6. The molecule has 1 atom stereocenters. The van der Waals surface area contributed by atoms with Crippen molar-refractivity contribution in [3.8, 4) is 0 Å². The fraction of sp³-hybridized carbons (Fsp3) is 0.429. The van der Waals surface area contributed by atoms with Gasteiger partial charge in [0.05, 0.1) is 17.7 Å². The number of nitrogens with zero attached hydrogens (tertiary/aromatic N) is 1. The van der Waals surface area contributed by atoms with Gasteiger partial charge in [0.2, 0.25) is 11.8 Å². The zero-order chi connectivity index (χ0) is 18.1. The maximum Gasteiger partial charge on any atom is 0.227 e. The molecule has 2 aromatic rings. The highest BCUT2D eigenvalue weighted by Crippen LogP contribution is 2.32. The van der Waals surface area contributed by atoms with E-state index in [9.17, 15) is 14.7 Å². The number of carbonyl (C=O) groups excluding carboxylic acids is 2. The Hall–Kier alpha value is -2.40. The summed E-state index contributed by atoms with van der Waals surface area (Å²) in [5.74, 6) is -0.351. The molecule has 1 aliphatic heterocycles.